The quantitative estimate of drug-likeness (QED) is 0.354. The number of anilines is 1. The summed E-state index contributed by atoms with van der Waals surface area (Å²) in [6.07, 6.45) is 1.03. The number of hydrazine groups is 1. The molecule has 11 heteroatoms. The normalized spacial score (nSPS) is 11.3. The highest BCUT2D eigenvalue weighted by Gasteiger charge is 2.26. The number of sulfone groups is 1. The Morgan fingerprint density at radius 3 is 1.81 bits per heavy atom. The van der Waals surface area contributed by atoms with E-state index in [1.807, 2.05) is 0 Å². The molecule has 2 N–H and O–H groups in total. The summed E-state index contributed by atoms with van der Waals surface area (Å²) in [7, 11) is -3.28. The topological polar surface area (TPSA) is 75.3 Å². The summed E-state index contributed by atoms with van der Waals surface area (Å²) in [6, 6.07) is 5.15. The molecule has 0 atom stereocenters. The molecule has 26 heavy (non-hydrogen) atoms. The minimum atomic E-state index is -3.28. The van der Waals surface area contributed by atoms with Gasteiger partial charge in [-0.15, -0.1) is 0 Å². The summed E-state index contributed by atoms with van der Waals surface area (Å²) in [5.41, 5.74) is 2.39. The maximum Gasteiger partial charge on any atom is 0.269 e. The molecule has 0 fully saturated rings. The highest BCUT2D eigenvalue weighted by Crippen LogP contribution is 2.26. The van der Waals surface area contributed by atoms with Crippen LogP contribution in [0.15, 0.2) is 24.3 Å². The van der Waals surface area contributed by atoms with Gasteiger partial charge in [0.2, 0.25) is 5.82 Å². The zero-order chi connectivity index (χ0) is 19.6. The fourth-order valence-corrected chi connectivity index (χ4v) is 2.76. The molecule has 140 valence electrons. The number of carbonyl (C=O) groups is 1. The molecule has 0 spiro atoms. The van der Waals surface area contributed by atoms with Crippen molar-refractivity contribution in [2.24, 2.45) is 0 Å². The fourth-order valence-electron chi connectivity index (χ4n) is 1.96. The molecule has 0 bridgehead atoms. The van der Waals surface area contributed by atoms with E-state index in [-0.39, 0.29) is 11.3 Å². The van der Waals surface area contributed by atoms with Crippen molar-refractivity contribution in [2.45, 2.75) is 5.75 Å². The lowest BCUT2D eigenvalue weighted by Gasteiger charge is -2.12. The summed E-state index contributed by atoms with van der Waals surface area (Å²) in [6.45, 7) is 0. The van der Waals surface area contributed by atoms with Crippen LogP contribution in [0, 0.1) is 29.1 Å². The summed E-state index contributed by atoms with van der Waals surface area (Å²) in [5.74, 6) is -12.1. The number of hydrogen-bond donors (Lipinski definition) is 2. The maximum absolute atomic E-state index is 13.5. The first-order valence-corrected chi connectivity index (χ1v) is 8.91. The lowest BCUT2D eigenvalue weighted by molar-refractivity contribution is 0.0962. The molecule has 5 nitrogen and oxygen atoms in total. The Balaban J connectivity index is 2.15. The van der Waals surface area contributed by atoms with Crippen molar-refractivity contribution < 1.29 is 35.2 Å². The van der Waals surface area contributed by atoms with Crippen molar-refractivity contribution in [3.05, 3.63) is 64.5 Å². The Kier molecular flexibility index (Phi) is 5.50. The molecule has 2 rings (SSSR count). The van der Waals surface area contributed by atoms with E-state index in [0.717, 1.165) is 6.26 Å². The van der Waals surface area contributed by atoms with Gasteiger partial charge in [0.05, 0.1) is 5.75 Å². The third kappa shape index (κ3) is 4.28. The second-order valence-electron chi connectivity index (χ2n) is 5.29. The van der Waals surface area contributed by atoms with Gasteiger partial charge in [-0.2, -0.15) is 0 Å². The molecule has 2 aromatic rings. The first-order chi connectivity index (χ1) is 12.0. The van der Waals surface area contributed by atoms with E-state index in [4.69, 9.17) is 0 Å². The Hall–Kier alpha value is -2.69. The predicted octanol–water partition coefficient (Wildman–Crippen LogP) is 2.68. The number of halogens is 5. The molecule has 0 radical (unpaired) electrons. The van der Waals surface area contributed by atoms with Crippen molar-refractivity contribution in [3.8, 4) is 0 Å². The highest BCUT2D eigenvalue weighted by atomic mass is 32.2. The third-order valence-electron chi connectivity index (χ3n) is 3.16. The van der Waals surface area contributed by atoms with Gasteiger partial charge in [-0.05, 0) is 17.7 Å². The molecule has 0 saturated carbocycles. The number of carbonyl (C=O) groups excluding carboxylic acids is 1. The highest BCUT2D eigenvalue weighted by molar-refractivity contribution is 7.89. The second kappa shape index (κ2) is 7.28. The summed E-state index contributed by atoms with van der Waals surface area (Å²) in [5, 5.41) is 0. The number of amides is 1. The number of nitrogens with one attached hydrogen (secondary N) is 2. The minimum absolute atomic E-state index is 0.0429. The zero-order valence-electron chi connectivity index (χ0n) is 13.0. The van der Waals surface area contributed by atoms with Crippen LogP contribution < -0.4 is 10.9 Å². The lowest BCUT2D eigenvalue weighted by Crippen LogP contribution is -2.31. The molecule has 0 saturated heterocycles. The molecular formula is C15H11F5N2O3S. The van der Waals surface area contributed by atoms with E-state index >= 15 is 0 Å². The fraction of sp³-hybridized carbons (Fsp3) is 0.133. The summed E-state index contributed by atoms with van der Waals surface area (Å²) < 4.78 is 88.4. The minimum Gasteiger partial charge on any atom is -0.293 e. The standard InChI is InChI=1S/C15H11F5N2O3S/c1-26(24,25)6-7-2-4-8(5-3-7)15(23)22-21-14-12(19)10(17)9(16)11(18)13(14)20/h2-5,21H,6H2,1H3,(H,22,23). The molecule has 0 aliphatic heterocycles. The van der Waals surface area contributed by atoms with Crippen molar-refractivity contribution >= 4 is 21.4 Å². The van der Waals surface area contributed by atoms with Crippen LogP contribution in [0.5, 0.6) is 0 Å². The molecular weight excluding hydrogens is 383 g/mol. The van der Waals surface area contributed by atoms with Crippen LogP contribution >= 0.6 is 0 Å². The monoisotopic (exact) mass is 394 g/mol. The Morgan fingerprint density at radius 2 is 1.35 bits per heavy atom. The van der Waals surface area contributed by atoms with E-state index in [9.17, 15) is 35.2 Å². The molecule has 0 aromatic heterocycles. The Bertz CT molecular complexity index is 933. The largest absolute Gasteiger partial charge is 0.293 e. The molecule has 0 aliphatic carbocycles. The van der Waals surface area contributed by atoms with Crippen LogP contribution in [0.25, 0.3) is 0 Å². The predicted molar refractivity (Wildman–Crippen MR) is 82.3 cm³/mol. The van der Waals surface area contributed by atoms with Crippen molar-refractivity contribution in [1.29, 1.82) is 0 Å². The van der Waals surface area contributed by atoms with Crippen LogP contribution in [0.2, 0.25) is 0 Å². The van der Waals surface area contributed by atoms with Gasteiger partial charge in [0.15, 0.2) is 33.1 Å². The Morgan fingerprint density at radius 1 is 0.885 bits per heavy atom. The van der Waals surface area contributed by atoms with Gasteiger partial charge in [-0.25, -0.2) is 30.4 Å². The van der Waals surface area contributed by atoms with Crippen LogP contribution in [-0.4, -0.2) is 20.6 Å². The Labute approximate surface area is 144 Å². The summed E-state index contributed by atoms with van der Waals surface area (Å²) >= 11 is 0. The van der Waals surface area contributed by atoms with Gasteiger partial charge in [0, 0.05) is 11.8 Å². The molecule has 1 amide bonds. The van der Waals surface area contributed by atoms with E-state index in [1.165, 1.54) is 24.3 Å². The first kappa shape index (κ1) is 19.6. The third-order valence-corrected chi connectivity index (χ3v) is 4.01. The van der Waals surface area contributed by atoms with Crippen LogP contribution in [0.1, 0.15) is 15.9 Å². The van der Waals surface area contributed by atoms with Gasteiger partial charge in [0.25, 0.3) is 5.91 Å². The first-order valence-electron chi connectivity index (χ1n) is 6.85. The average molecular weight is 394 g/mol. The van der Waals surface area contributed by atoms with Crippen LogP contribution in [0.3, 0.4) is 0 Å². The van der Waals surface area contributed by atoms with Crippen molar-refractivity contribution in [3.63, 3.8) is 0 Å². The number of benzene rings is 2. The zero-order valence-corrected chi connectivity index (χ0v) is 13.9. The van der Waals surface area contributed by atoms with Crippen molar-refractivity contribution in [1.82, 2.24) is 5.43 Å². The number of hydrogen-bond acceptors (Lipinski definition) is 4. The van der Waals surface area contributed by atoms with E-state index < -0.39 is 50.5 Å². The second-order valence-corrected chi connectivity index (χ2v) is 7.43. The summed E-state index contributed by atoms with van der Waals surface area (Å²) in [4.78, 5) is 11.9. The van der Waals surface area contributed by atoms with Gasteiger partial charge in [-0.1, -0.05) is 12.1 Å². The SMILES string of the molecule is CS(=O)(=O)Cc1ccc(C(=O)NNc2c(F)c(F)c(F)c(F)c2F)cc1. The van der Waals surface area contributed by atoms with Gasteiger partial charge >= 0.3 is 0 Å². The van der Waals surface area contributed by atoms with Crippen LogP contribution in [0.4, 0.5) is 27.6 Å². The van der Waals surface area contributed by atoms with Gasteiger partial charge < -0.3 is 0 Å². The maximum atomic E-state index is 13.5. The number of rotatable bonds is 5. The van der Waals surface area contributed by atoms with Crippen molar-refractivity contribution in [2.75, 3.05) is 11.7 Å². The van der Waals surface area contributed by atoms with E-state index in [1.54, 1.807) is 10.9 Å². The average Bonchev–Trinajstić information content (AvgIpc) is 2.57. The van der Waals surface area contributed by atoms with Gasteiger partial charge in [0.1, 0.15) is 5.69 Å². The van der Waals surface area contributed by atoms with E-state index in [2.05, 4.69) is 0 Å². The lowest BCUT2D eigenvalue weighted by atomic mass is 10.1. The molecule has 0 aliphatic rings. The van der Waals surface area contributed by atoms with Crippen LogP contribution in [-0.2, 0) is 15.6 Å². The molecule has 0 unspecified atom stereocenters. The molecule has 2 aromatic carbocycles. The molecule has 0 heterocycles. The van der Waals surface area contributed by atoms with Gasteiger partial charge in [-0.3, -0.25) is 15.6 Å². The smallest absolute Gasteiger partial charge is 0.269 e. The van der Waals surface area contributed by atoms with E-state index in [0.29, 0.717) is 5.56 Å².